The Bertz CT molecular complexity index is 335. The van der Waals surface area contributed by atoms with E-state index < -0.39 is 23.3 Å². The molecular formula is C14H24N2O4. The van der Waals surface area contributed by atoms with Gasteiger partial charge in [0.05, 0.1) is 25.3 Å². The molecule has 2 fully saturated rings. The molecule has 0 unspecified atom stereocenters. The number of hydrogen-bond donors (Lipinski definition) is 2. The van der Waals surface area contributed by atoms with Crippen molar-refractivity contribution >= 4 is 12.2 Å². The highest BCUT2D eigenvalue weighted by molar-refractivity contribution is 5.71. The quantitative estimate of drug-likeness (QED) is 0.816. The maximum Gasteiger partial charge on any atom is 0.407 e. The third-order valence-corrected chi connectivity index (χ3v) is 4.88. The van der Waals surface area contributed by atoms with E-state index in [1.165, 1.54) is 14.2 Å². The lowest BCUT2D eigenvalue weighted by Gasteiger charge is -2.56. The summed E-state index contributed by atoms with van der Waals surface area (Å²) in [6, 6.07) is 0. The first-order chi connectivity index (χ1) is 9.57. The number of methoxy groups -OCH3 is 2. The van der Waals surface area contributed by atoms with Crippen molar-refractivity contribution < 1.29 is 19.1 Å². The van der Waals surface area contributed by atoms with Gasteiger partial charge in [0.1, 0.15) is 0 Å². The van der Waals surface area contributed by atoms with Crippen molar-refractivity contribution in [2.45, 2.75) is 62.4 Å². The molecule has 2 amide bonds. The molecule has 0 heterocycles. The Balaban J connectivity index is 2.29. The maximum atomic E-state index is 11.7. The normalized spacial score (nSPS) is 32.7. The average Bonchev–Trinajstić information content (AvgIpc) is 2.47. The van der Waals surface area contributed by atoms with E-state index in [1.54, 1.807) is 0 Å². The molecule has 0 saturated heterocycles. The molecule has 0 bridgehead atoms. The molecule has 2 aliphatic rings. The van der Waals surface area contributed by atoms with Crippen LogP contribution < -0.4 is 10.6 Å². The molecule has 2 N–H and O–H groups in total. The number of hydrogen-bond acceptors (Lipinski definition) is 4. The molecule has 2 aliphatic carbocycles. The minimum absolute atomic E-state index is 0.412. The van der Waals surface area contributed by atoms with Crippen molar-refractivity contribution in [1.82, 2.24) is 10.6 Å². The summed E-state index contributed by atoms with van der Waals surface area (Å²) in [5.74, 6) is 0. The monoisotopic (exact) mass is 284 g/mol. The molecule has 0 aromatic rings. The van der Waals surface area contributed by atoms with E-state index in [4.69, 9.17) is 9.47 Å². The molecule has 0 aliphatic heterocycles. The Morgan fingerprint density at radius 1 is 0.750 bits per heavy atom. The van der Waals surface area contributed by atoms with E-state index in [9.17, 15) is 9.59 Å². The third kappa shape index (κ3) is 2.55. The van der Waals surface area contributed by atoms with Gasteiger partial charge in [-0.15, -0.1) is 0 Å². The fourth-order valence-electron chi connectivity index (χ4n) is 3.90. The van der Waals surface area contributed by atoms with Crippen LogP contribution in [0.1, 0.15) is 51.4 Å². The minimum Gasteiger partial charge on any atom is -0.453 e. The molecule has 0 aromatic carbocycles. The fraction of sp³-hybridized carbons (Fsp3) is 0.857. The summed E-state index contributed by atoms with van der Waals surface area (Å²) in [7, 11) is 2.74. The first-order valence-electron chi connectivity index (χ1n) is 7.30. The van der Waals surface area contributed by atoms with Crippen molar-refractivity contribution in [3.05, 3.63) is 0 Å². The van der Waals surface area contributed by atoms with Gasteiger partial charge in [-0.25, -0.2) is 9.59 Å². The largest absolute Gasteiger partial charge is 0.453 e. The van der Waals surface area contributed by atoms with E-state index >= 15 is 0 Å². The molecule has 0 radical (unpaired) electrons. The molecule has 2 saturated carbocycles. The SMILES string of the molecule is COC(=O)NC12CCCCC1(NC(=O)OC)CCCC2. The van der Waals surface area contributed by atoms with Gasteiger partial charge in [0.15, 0.2) is 0 Å². The zero-order valence-electron chi connectivity index (χ0n) is 12.3. The summed E-state index contributed by atoms with van der Waals surface area (Å²) >= 11 is 0. The van der Waals surface area contributed by atoms with Gasteiger partial charge < -0.3 is 20.1 Å². The molecule has 114 valence electrons. The molecule has 2 rings (SSSR count). The van der Waals surface area contributed by atoms with Gasteiger partial charge in [-0.05, 0) is 25.7 Å². The summed E-state index contributed by atoms with van der Waals surface area (Å²) in [6.45, 7) is 0. The summed E-state index contributed by atoms with van der Waals surface area (Å²) in [4.78, 5) is 23.5. The van der Waals surface area contributed by atoms with Crippen molar-refractivity contribution in [3.63, 3.8) is 0 Å². The predicted molar refractivity (Wildman–Crippen MR) is 73.5 cm³/mol. The van der Waals surface area contributed by atoms with Gasteiger partial charge in [-0.1, -0.05) is 25.7 Å². The van der Waals surface area contributed by atoms with Gasteiger partial charge in [0.25, 0.3) is 0 Å². The number of amides is 2. The van der Waals surface area contributed by atoms with Crippen LogP contribution in [0.2, 0.25) is 0 Å². The number of carbonyl (C=O) groups excluding carboxylic acids is 2. The van der Waals surface area contributed by atoms with E-state index in [0.29, 0.717) is 0 Å². The van der Waals surface area contributed by atoms with Crippen molar-refractivity contribution in [2.24, 2.45) is 0 Å². The molecule has 20 heavy (non-hydrogen) atoms. The molecule has 0 spiro atoms. The maximum absolute atomic E-state index is 11.7. The molecule has 0 aromatic heterocycles. The summed E-state index contributed by atoms with van der Waals surface area (Å²) in [5, 5.41) is 6.05. The van der Waals surface area contributed by atoms with E-state index in [0.717, 1.165) is 51.4 Å². The average molecular weight is 284 g/mol. The summed E-state index contributed by atoms with van der Waals surface area (Å²) < 4.78 is 9.56. The van der Waals surface area contributed by atoms with Gasteiger partial charge in [0, 0.05) is 0 Å². The first-order valence-corrected chi connectivity index (χ1v) is 7.30. The number of alkyl carbamates (subject to hydrolysis) is 2. The van der Waals surface area contributed by atoms with E-state index in [1.807, 2.05) is 0 Å². The lowest BCUT2D eigenvalue weighted by molar-refractivity contribution is 0.0273. The lowest BCUT2D eigenvalue weighted by Crippen LogP contribution is -2.73. The van der Waals surface area contributed by atoms with Gasteiger partial charge in [-0.2, -0.15) is 0 Å². The number of fused-ring (bicyclic) bond motifs is 1. The van der Waals surface area contributed by atoms with E-state index in [2.05, 4.69) is 10.6 Å². The van der Waals surface area contributed by atoms with Crippen LogP contribution in [0, 0.1) is 0 Å². The first kappa shape index (κ1) is 14.9. The van der Waals surface area contributed by atoms with Crippen molar-refractivity contribution in [2.75, 3.05) is 14.2 Å². The predicted octanol–water partition coefficient (Wildman–Crippen LogP) is 2.32. The lowest BCUT2D eigenvalue weighted by atomic mass is 9.59. The zero-order valence-corrected chi connectivity index (χ0v) is 12.3. The van der Waals surface area contributed by atoms with Crippen LogP contribution >= 0.6 is 0 Å². The molecular weight excluding hydrogens is 260 g/mol. The van der Waals surface area contributed by atoms with Crippen molar-refractivity contribution in [1.29, 1.82) is 0 Å². The van der Waals surface area contributed by atoms with Gasteiger partial charge in [0.2, 0.25) is 0 Å². The Morgan fingerprint density at radius 2 is 1.05 bits per heavy atom. The van der Waals surface area contributed by atoms with Crippen LogP contribution in [0.15, 0.2) is 0 Å². The van der Waals surface area contributed by atoms with Crippen LogP contribution in [0.25, 0.3) is 0 Å². The smallest absolute Gasteiger partial charge is 0.407 e. The number of carbonyl (C=O) groups is 2. The zero-order chi connectivity index (χ0) is 14.6. The Hall–Kier alpha value is -1.46. The second-order valence-electron chi connectivity index (χ2n) is 5.81. The Morgan fingerprint density at radius 3 is 1.30 bits per heavy atom. The molecule has 6 nitrogen and oxygen atoms in total. The van der Waals surface area contributed by atoms with Gasteiger partial charge in [-0.3, -0.25) is 0 Å². The number of rotatable bonds is 2. The second kappa shape index (κ2) is 5.89. The van der Waals surface area contributed by atoms with Crippen molar-refractivity contribution in [3.8, 4) is 0 Å². The van der Waals surface area contributed by atoms with Gasteiger partial charge >= 0.3 is 12.2 Å². The second-order valence-corrected chi connectivity index (χ2v) is 5.81. The topological polar surface area (TPSA) is 76.7 Å². The molecule has 0 atom stereocenters. The fourth-order valence-corrected chi connectivity index (χ4v) is 3.90. The minimum atomic E-state index is -0.426. The third-order valence-electron chi connectivity index (χ3n) is 4.88. The van der Waals surface area contributed by atoms with Crippen LogP contribution in [0.3, 0.4) is 0 Å². The van der Waals surface area contributed by atoms with E-state index in [-0.39, 0.29) is 0 Å². The summed E-state index contributed by atoms with van der Waals surface area (Å²) in [6.07, 6.45) is 6.82. The highest BCUT2D eigenvalue weighted by Crippen LogP contribution is 2.47. The summed E-state index contributed by atoms with van der Waals surface area (Å²) in [5.41, 5.74) is -0.824. The Labute approximate surface area is 119 Å². The Kier molecular flexibility index (Phi) is 4.40. The number of ether oxygens (including phenoxy) is 2. The van der Waals surface area contributed by atoms with Crippen LogP contribution in [-0.4, -0.2) is 37.5 Å². The standard InChI is InChI=1S/C14H24N2O4/c1-19-11(17)15-13-7-3-5-9-14(13,10-6-4-8-13)16-12(18)20-2/h3-10H2,1-2H3,(H,15,17)(H,16,18). The van der Waals surface area contributed by atoms with Crippen LogP contribution in [-0.2, 0) is 9.47 Å². The van der Waals surface area contributed by atoms with Crippen LogP contribution in [0.5, 0.6) is 0 Å². The molecule has 6 heteroatoms. The van der Waals surface area contributed by atoms with Crippen LogP contribution in [0.4, 0.5) is 9.59 Å². The highest BCUT2D eigenvalue weighted by atomic mass is 16.5. The number of nitrogens with one attached hydrogen (secondary N) is 2. The highest BCUT2D eigenvalue weighted by Gasteiger charge is 2.55.